The summed E-state index contributed by atoms with van der Waals surface area (Å²) in [5.74, 6) is 1.95. The molecular weight excluding hydrogens is 328 g/mol. The summed E-state index contributed by atoms with van der Waals surface area (Å²) in [6.45, 7) is 7.11. The zero-order chi connectivity index (χ0) is 18.1. The lowest BCUT2D eigenvalue weighted by molar-refractivity contribution is -0.138. The van der Waals surface area contributed by atoms with E-state index in [1.165, 1.54) is 12.0 Å². The summed E-state index contributed by atoms with van der Waals surface area (Å²) in [5, 5.41) is 0. The summed E-state index contributed by atoms with van der Waals surface area (Å²) >= 11 is 0. The highest BCUT2D eigenvalue weighted by atomic mass is 16.6. The molecule has 3 aliphatic heterocycles. The maximum absolute atomic E-state index is 13.0. The topological polar surface area (TPSA) is 42.0 Å². The van der Waals surface area contributed by atoms with Crippen LogP contribution in [0.3, 0.4) is 0 Å². The maximum Gasteiger partial charge on any atom is 0.237 e. The third kappa shape index (κ3) is 3.41. The van der Waals surface area contributed by atoms with Crippen molar-refractivity contribution in [3.63, 3.8) is 0 Å². The smallest absolute Gasteiger partial charge is 0.237 e. The van der Waals surface area contributed by atoms with Crippen molar-refractivity contribution in [2.45, 2.75) is 64.1 Å². The molecule has 26 heavy (non-hydrogen) atoms. The van der Waals surface area contributed by atoms with E-state index in [9.17, 15) is 4.79 Å². The molecule has 0 N–H and O–H groups in total. The zero-order valence-electron chi connectivity index (χ0n) is 15.9. The highest BCUT2D eigenvalue weighted by Crippen LogP contribution is 2.38. The Balaban J connectivity index is 1.47. The Hall–Kier alpha value is -1.75. The highest BCUT2D eigenvalue weighted by Gasteiger charge is 2.33. The second-order valence-corrected chi connectivity index (χ2v) is 7.96. The highest BCUT2D eigenvalue weighted by molar-refractivity contribution is 5.79. The van der Waals surface area contributed by atoms with Crippen LogP contribution in [0.2, 0.25) is 0 Å². The van der Waals surface area contributed by atoms with Gasteiger partial charge in [-0.15, -0.1) is 0 Å². The van der Waals surface area contributed by atoms with E-state index >= 15 is 0 Å². The van der Waals surface area contributed by atoms with E-state index in [4.69, 9.17) is 9.47 Å². The number of carbonyl (C=O) groups is 1. The van der Waals surface area contributed by atoms with Crippen LogP contribution in [0.15, 0.2) is 18.2 Å². The molecule has 0 aromatic heterocycles. The Morgan fingerprint density at radius 1 is 1.04 bits per heavy atom. The van der Waals surface area contributed by atoms with Crippen LogP contribution < -0.4 is 9.47 Å². The van der Waals surface area contributed by atoms with Gasteiger partial charge in [-0.2, -0.15) is 0 Å². The minimum absolute atomic E-state index is 0.286. The third-order valence-corrected chi connectivity index (χ3v) is 6.13. The van der Waals surface area contributed by atoms with Crippen molar-refractivity contribution in [1.29, 1.82) is 0 Å². The lowest BCUT2D eigenvalue weighted by atomic mass is 9.97. The Labute approximate surface area is 156 Å². The number of likely N-dealkylation sites (tertiary alicyclic amines) is 2. The lowest BCUT2D eigenvalue weighted by Crippen LogP contribution is -2.51. The second kappa shape index (κ2) is 7.47. The summed E-state index contributed by atoms with van der Waals surface area (Å²) in [7, 11) is 0. The number of rotatable bonds is 3. The van der Waals surface area contributed by atoms with Gasteiger partial charge in [-0.05, 0) is 70.2 Å². The summed E-state index contributed by atoms with van der Waals surface area (Å²) < 4.78 is 11.4. The average molecular weight is 358 g/mol. The van der Waals surface area contributed by atoms with Gasteiger partial charge in [0.25, 0.3) is 0 Å². The fraction of sp³-hybridized carbons (Fsp3) is 0.667. The van der Waals surface area contributed by atoms with Gasteiger partial charge in [0, 0.05) is 18.1 Å². The van der Waals surface area contributed by atoms with E-state index in [0.717, 1.165) is 43.7 Å². The molecule has 2 saturated heterocycles. The molecular formula is C21H30N2O3. The van der Waals surface area contributed by atoms with Gasteiger partial charge in [-0.1, -0.05) is 6.07 Å². The first-order valence-corrected chi connectivity index (χ1v) is 10.1. The first-order valence-electron chi connectivity index (χ1n) is 10.1. The number of ether oxygens (including phenoxy) is 2. The van der Waals surface area contributed by atoms with Crippen molar-refractivity contribution >= 4 is 5.91 Å². The van der Waals surface area contributed by atoms with Crippen LogP contribution in [-0.4, -0.2) is 54.1 Å². The molecule has 1 amide bonds. The Kier molecular flexibility index (Phi) is 5.07. The number of nitrogens with zero attached hydrogens (tertiary/aromatic N) is 2. The van der Waals surface area contributed by atoms with Gasteiger partial charge in [-0.3, -0.25) is 9.69 Å². The van der Waals surface area contributed by atoms with E-state index in [1.807, 2.05) is 6.07 Å². The van der Waals surface area contributed by atoms with Crippen LogP contribution in [0.1, 0.15) is 57.6 Å². The average Bonchev–Trinajstić information content (AvgIpc) is 3.09. The van der Waals surface area contributed by atoms with E-state index < -0.39 is 0 Å². The molecule has 5 heteroatoms. The Bertz CT molecular complexity index is 653. The van der Waals surface area contributed by atoms with Crippen molar-refractivity contribution < 1.29 is 14.3 Å². The fourth-order valence-electron chi connectivity index (χ4n) is 4.83. The molecule has 0 spiro atoms. The molecule has 0 radical (unpaired) electrons. The standard InChI is InChI=1S/C21H30N2O3/c1-15-5-3-6-16(2)23(15)21(24)14-22-10-4-7-18(22)17-8-9-19-20(13-17)26-12-11-25-19/h8-9,13,15-16,18H,3-7,10-12,14H2,1-2H3/t15-,16+,18-/m0/s1. The largest absolute Gasteiger partial charge is 0.486 e. The Morgan fingerprint density at radius 2 is 1.77 bits per heavy atom. The van der Waals surface area contributed by atoms with E-state index in [-0.39, 0.29) is 5.91 Å². The van der Waals surface area contributed by atoms with E-state index in [2.05, 4.69) is 35.8 Å². The molecule has 5 nitrogen and oxygen atoms in total. The monoisotopic (exact) mass is 358 g/mol. The summed E-state index contributed by atoms with van der Waals surface area (Å²) in [6, 6.07) is 7.27. The molecule has 1 aromatic rings. The van der Waals surface area contributed by atoms with E-state index in [0.29, 0.717) is 37.9 Å². The van der Waals surface area contributed by atoms with Gasteiger partial charge in [0.1, 0.15) is 13.2 Å². The molecule has 0 bridgehead atoms. The van der Waals surface area contributed by atoms with Crippen molar-refractivity contribution in [2.24, 2.45) is 0 Å². The fourth-order valence-corrected chi connectivity index (χ4v) is 4.83. The van der Waals surface area contributed by atoms with Gasteiger partial charge in [0.15, 0.2) is 11.5 Å². The number of carbonyl (C=O) groups excluding carboxylic acids is 1. The predicted molar refractivity (Wildman–Crippen MR) is 101 cm³/mol. The first kappa shape index (κ1) is 17.7. The van der Waals surface area contributed by atoms with Crippen LogP contribution >= 0.6 is 0 Å². The van der Waals surface area contributed by atoms with Gasteiger partial charge in [0.05, 0.1) is 6.54 Å². The second-order valence-electron chi connectivity index (χ2n) is 7.96. The molecule has 3 heterocycles. The molecule has 0 saturated carbocycles. The molecule has 3 aliphatic rings. The van der Waals surface area contributed by atoms with Crippen LogP contribution in [0.25, 0.3) is 0 Å². The minimum Gasteiger partial charge on any atom is -0.486 e. The van der Waals surface area contributed by atoms with Crippen LogP contribution in [0.5, 0.6) is 11.5 Å². The molecule has 142 valence electrons. The Morgan fingerprint density at radius 3 is 2.54 bits per heavy atom. The van der Waals surface area contributed by atoms with Crippen molar-refractivity contribution in [2.75, 3.05) is 26.3 Å². The zero-order valence-corrected chi connectivity index (χ0v) is 15.9. The van der Waals surface area contributed by atoms with Gasteiger partial charge in [-0.25, -0.2) is 0 Å². The predicted octanol–water partition coefficient (Wildman–Crippen LogP) is 3.38. The number of hydrogen-bond acceptors (Lipinski definition) is 4. The molecule has 2 fully saturated rings. The van der Waals surface area contributed by atoms with Crippen LogP contribution in [0, 0.1) is 0 Å². The number of fused-ring (bicyclic) bond motifs is 1. The molecule has 1 aromatic carbocycles. The molecule has 0 unspecified atom stereocenters. The van der Waals surface area contributed by atoms with Gasteiger partial charge in [0.2, 0.25) is 5.91 Å². The molecule has 0 aliphatic carbocycles. The number of piperidine rings is 1. The third-order valence-electron chi connectivity index (χ3n) is 6.13. The van der Waals surface area contributed by atoms with Crippen molar-refractivity contribution in [3.05, 3.63) is 23.8 Å². The lowest BCUT2D eigenvalue weighted by Gasteiger charge is -2.40. The quantitative estimate of drug-likeness (QED) is 0.831. The number of hydrogen-bond donors (Lipinski definition) is 0. The number of amides is 1. The SMILES string of the molecule is C[C@@H]1CCC[C@H](C)N1C(=O)CN1CCC[C@H]1c1ccc2c(c1)OCCO2. The summed E-state index contributed by atoms with van der Waals surface area (Å²) in [6.07, 6.45) is 5.72. The summed E-state index contributed by atoms with van der Waals surface area (Å²) in [5.41, 5.74) is 1.24. The van der Waals surface area contributed by atoms with Crippen LogP contribution in [-0.2, 0) is 4.79 Å². The first-order chi connectivity index (χ1) is 12.6. The van der Waals surface area contributed by atoms with Gasteiger partial charge < -0.3 is 14.4 Å². The molecule has 3 atom stereocenters. The normalized spacial score (nSPS) is 29.0. The summed E-state index contributed by atoms with van der Waals surface area (Å²) in [4.78, 5) is 17.5. The minimum atomic E-state index is 0.286. The van der Waals surface area contributed by atoms with Gasteiger partial charge >= 0.3 is 0 Å². The molecule has 4 rings (SSSR count). The maximum atomic E-state index is 13.0. The van der Waals surface area contributed by atoms with Crippen molar-refractivity contribution in [1.82, 2.24) is 9.80 Å². The van der Waals surface area contributed by atoms with E-state index in [1.54, 1.807) is 0 Å². The van der Waals surface area contributed by atoms with Crippen LogP contribution in [0.4, 0.5) is 0 Å². The van der Waals surface area contributed by atoms with Crippen molar-refractivity contribution in [3.8, 4) is 11.5 Å². The number of benzene rings is 1.